The minimum Gasteiger partial charge on any atom is -0.494 e. The summed E-state index contributed by atoms with van der Waals surface area (Å²) in [7, 11) is 0. The fraction of sp³-hybridized carbons (Fsp3) is 0.286. The van der Waals surface area contributed by atoms with Crippen molar-refractivity contribution < 1.29 is 10.2 Å². The minimum absolute atomic E-state index is 0.0461. The highest BCUT2D eigenvalue weighted by Crippen LogP contribution is 2.21. The third-order valence-electron chi connectivity index (χ3n) is 4.52. The van der Waals surface area contributed by atoms with E-state index in [-0.39, 0.29) is 16.8 Å². The summed E-state index contributed by atoms with van der Waals surface area (Å²) < 4.78 is 0. The largest absolute Gasteiger partial charge is 0.494 e. The van der Waals surface area contributed by atoms with Gasteiger partial charge in [0.2, 0.25) is 5.88 Å². The number of aromatic nitrogens is 1. The molecule has 0 aliphatic carbocycles. The number of aliphatic hydroxyl groups excluding tert-OH is 1. The highest BCUT2D eigenvalue weighted by Gasteiger charge is 2.11. The molecule has 0 bridgehead atoms. The number of nitrogens with one attached hydrogen (secondary N) is 2. The Kier molecular flexibility index (Phi) is 6.91. The summed E-state index contributed by atoms with van der Waals surface area (Å²) in [6, 6.07) is 15.6. The van der Waals surface area contributed by atoms with Crippen LogP contribution >= 0.6 is 22.9 Å². The lowest BCUT2D eigenvalue weighted by Crippen LogP contribution is -2.32. The fourth-order valence-electron chi connectivity index (χ4n) is 3.02. The van der Waals surface area contributed by atoms with E-state index in [4.69, 9.17) is 11.6 Å². The molecule has 0 aliphatic heterocycles. The zero-order valence-corrected chi connectivity index (χ0v) is 17.1. The van der Waals surface area contributed by atoms with E-state index in [2.05, 4.69) is 17.2 Å². The van der Waals surface area contributed by atoms with Gasteiger partial charge in [-0.05, 0) is 42.2 Å². The molecule has 0 saturated carbocycles. The van der Waals surface area contributed by atoms with Crippen molar-refractivity contribution in [1.82, 2.24) is 10.3 Å². The Labute approximate surface area is 172 Å². The first-order valence-electron chi connectivity index (χ1n) is 9.06. The van der Waals surface area contributed by atoms with Gasteiger partial charge in [-0.25, -0.2) is 0 Å². The van der Waals surface area contributed by atoms with Crippen LogP contribution in [-0.4, -0.2) is 27.8 Å². The van der Waals surface area contributed by atoms with Crippen LogP contribution in [0.2, 0.25) is 5.02 Å². The number of aliphatic hydroxyl groups is 1. The highest BCUT2D eigenvalue weighted by molar-refractivity contribution is 7.09. The number of halogens is 1. The van der Waals surface area contributed by atoms with Gasteiger partial charge in [0, 0.05) is 24.0 Å². The minimum atomic E-state index is -0.607. The molecular formula is C21H23ClN2O3S. The Morgan fingerprint density at radius 2 is 1.89 bits per heavy atom. The average molecular weight is 419 g/mol. The van der Waals surface area contributed by atoms with Crippen molar-refractivity contribution in [3.05, 3.63) is 84.8 Å². The van der Waals surface area contributed by atoms with E-state index in [9.17, 15) is 15.0 Å². The number of hydrogen-bond acceptors (Lipinski definition) is 5. The molecule has 1 aromatic heterocycles. The molecule has 5 nitrogen and oxygen atoms in total. The standard InChI is InChI=1S/C21H23ClN2O3S/c1-13(23-12-18(25)16-3-2-4-17(22)11-16)9-14-5-7-15(8-6-14)10-19-20(26)24-21(27)28-19/h2-8,11,13,18,23,25-26H,9-10,12H2,1H3,(H,24,27). The SMILES string of the molecule is CC(Cc1ccc(Cc2sc(=O)[nH]c2O)cc1)NCC(O)c1cccc(Cl)c1. The summed E-state index contributed by atoms with van der Waals surface area (Å²) in [5.74, 6) is -0.0461. The Hall–Kier alpha value is -2.12. The van der Waals surface area contributed by atoms with E-state index in [1.165, 1.54) is 5.56 Å². The van der Waals surface area contributed by atoms with Crippen LogP contribution in [0.15, 0.2) is 53.3 Å². The molecule has 3 rings (SSSR count). The van der Waals surface area contributed by atoms with Crippen LogP contribution in [0, 0.1) is 0 Å². The third kappa shape index (κ3) is 5.69. The van der Waals surface area contributed by atoms with E-state index < -0.39 is 6.10 Å². The topological polar surface area (TPSA) is 85.4 Å². The zero-order valence-electron chi connectivity index (χ0n) is 15.5. The van der Waals surface area contributed by atoms with Crippen LogP contribution in [-0.2, 0) is 12.8 Å². The smallest absolute Gasteiger partial charge is 0.307 e. The molecule has 148 valence electrons. The van der Waals surface area contributed by atoms with Gasteiger partial charge >= 0.3 is 4.87 Å². The Morgan fingerprint density at radius 1 is 1.18 bits per heavy atom. The maximum atomic E-state index is 11.3. The molecular weight excluding hydrogens is 396 g/mol. The molecule has 0 radical (unpaired) electrons. The summed E-state index contributed by atoms with van der Waals surface area (Å²) in [5.41, 5.74) is 3.01. The summed E-state index contributed by atoms with van der Waals surface area (Å²) >= 11 is 7.00. The monoisotopic (exact) mass is 418 g/mol. The maximum Gasteiger partial charge on any atom is 0.307 e. The number of aromatic hydroxyl groups is 1. The molecule has 4 N–H and O–H groups in total. The first-order valence-corrected chi connectivity index (χ1v) is 10.3. The molecule has 0 amide bonds. The molecule has 0 saturated heterocycles. The van der Waals surface area contributed by atoms with Crippen molar-refractivity contribution >= 4 is 22.9 Å². The van der Waals surface area contributed by atoms with Crippen LogP contribution in [0.3, 0.4) is 0 Å². The zero-order chi connectivity index (χ0) is 20.1. The maximum absolute atomic E-state index is 11.3. The number of hydrogen-bond donors (Lipinski definition) is 4. The van der Waals surface area contributed by atoms with Gasteiger partial charge in [0.25, 0.3) is 0 Å². The fourth-order valence-corrected chi connectivity index (χ4v) is 3.98. The molecule has 0 fully saturated rings. The summed E-state index contributed by atoms with van der Waals surface area (Å²) in [6.45, 7) is 2.53. The second-order valence-electron chi connectivity index (χ2n) is 6.86. The molecule has 0 spiro atoms. The lowest BCUT2D eigenvalue weighted by Gasteiger charge is -2.18. The first-order chi connectivity index (χ1) is 13.4. The third-order valence-corrected chi connectivity index (χ3v) is 5.63. The Bertz CT molecular complexity index is 968. The lowest BCUT2D eigenvalue weighted by molar-refractivity contribution is 0.170. The average Bonchev–Trinajstić information content (AvgIpc) is 2.98. The van der Waals surface area contributed by atoms with Crippen LogP contribution in [0.1, 0.15) is 34.6 Å². The predicted molar refractivity (Wildman–Crippen MR) is 113 cm³/mol. The molecule has 2 atom stereocenters. The molecule has 28 heavy (non-hydrogen) atoms. The predicted octanol–water partition coefficient (Wildman–Crippen LogP) is 3.64. The molecule has 3 aromatic rings. The molecule has 2 unspecified atom stereocenters. The summed E-state index contributed by atoms with van der Waals surface area (Å²) in [6.07, 6.45) is 0.741. The van der Waals surface area contributed by atoms with Gasteiger partial charge in [0.1, 0.15) is 0 Å². The Balaban J connectivity index is 1.50. The lowest BCUT2D eigenvalue weighted by atomic mass is 10.0. The Morgan fingerprint density at radius 3 is 2.54 bits per heavy atom. The van der Waals surface area contributed by atoms with Gasteiger partial charge in [0.05, 0.1) is 11.0 Å². The van der Waals surface area contributed by atoms with Crippen LogP contribution in [0.4, 0.5) is 0 Å². The van der Waals surface area contributed by atoms with Crippen molar-refractivity contribution in [3.8, 4) is 5.88 Å². The van der Waals surface area contributed by atoms with Gasteiger partial charge in [0.15, 0.2) is 0 Å². The molecule has 7 heteroatoms. The van der Waals surface area contributed by atoms with Crippen molar-refractivity contribution in [2.24, 2.45) is 0 Å². The van der Waals surface area contributed by atoms with Gasteiger partial charge < -0.3 is 15.5 Å². The van der Waals surface area contributed by atoms with E-state index in [0.29, 0.717) is 22.9 Å². The van der Waals surface area contributed by atoms with Gasteiger partial charge in [-0.15, -0.1) is 0 Å². The number of H-pyrrole nitrogens is 1. The normalized spacial score (nSPS) is 13.4. The van der Waals surface area contributed by atoms with E-state index in [1.54, 1.807) is 12.1 Å². The quantitative estimate of drug-likeness (QED) is 0.450. The second-order valence-corrected chi connectivity index (χ2v) is 8.37. The second kappa shape index (κ2) is 9.39. The van der Waals surface area contributed by atoms with E-state index in [1.807, 2.05) is 36.4 Å². The highest BCUT2D eigenvalue weighted by atomic mass is 35.5. The van der Waals surface area contributed by atoms with Crippen molar-refractivity contribution in [2.75, 3.05) is 6.54 Å². The van der Waals surface area contributed by atoms with Gasteiger partial charge in [-0.1, -0.05) is 59.3 Å². The van der Waals surface area contributed by atoms with Gasteiger partial charge in [-0.3, -0.25) is 9.78 Å². The van der Waals surface area contributed by atoms with Crippen LogP contribution < -0.4 is 10.2 Å². The number of benzene rings is 2. The number of aromatic amines is 1. The van der Waals surface area contributed by atoms with Crippen molar-refractivity contribution in [3.63, 3.8) is 0 Å². The molecule has 2 aromatic carbocycles. The van der Waals surface area contributed by atoms with Crippen molar-refractivity contribution in [1.29, 1.82) is 0 Å². The summed E-state index contributed by atoms with van der Waals surface area (Å²) in [4.78, 5) is 14.0. The first kappa shape index (κ1) is 20.6. The van der Waals surface area contributed by atoms with E-state index >= 15 is 0 Å². The summed E-state index contributed by atoms with van der Waals surface area (Å²) in [5, 5.41) is 23.9. The number of thiazole rings is 1. The molecule has 1 heterocycles. The van der Waals surface area contributed by atoms with Crippen molar-refractivity contribution in [2.45, 2.75) is 31.9 Å². The molecule has 0 aliphatic rings. The van der Waals surface area contributed by atoms with Gasteiger partial charge in [-0.2, -0.15) is 0 Å². The van der Waals surface area contributed by atoms with Crippen LogP contribution in [0.25, 0.3) is 0 Å². The van der Waals surface area contributed by atoms with E-state index in [0.717, 1.165) is 28.9 Å². The van der Waals surface area contributed by atoms with Crippen LogP contribution in [0.5, 0.6) is 5.88 Å². The number of rotatable bonds is 8.